The van der Waals surface area contributed by atoms with E-state index in [1.54, 1.807) is 13.0 Å². The first-order valence-corrected chi connectivity index (χ1v) is 10.6. The summed E-state index contributed by atoms with van der Waals surface area (Å²) in [5, 5.41) is 69.7. The van der Waals surface area contributed by atoms with Gasteiger partial charge in [0, 0.05) is 7.11 Å². The van der Waals surface area contributed by atoms with Crippen molar-refractivity contribution in [2.45, 2.75) is 87.3 Å². The molecule has 5 unspecified atom stereocenters. The summed E-state index contributed by atoms with van der Waals surface area (Å²) in [4.78, 5) is 12.2. The molecule has 0 amide bonds. The van der Waals surface area contributed by atoms with Crippen LogP contribution in [0.2, 0.25) is 0 Å². The van der Waals surface area contributed by atoms with Crippen LogP contribution < -0.4 is 0 Å². The Labute approximate surface area is 190 Å². The van der Waals surface area contributed by atoms with Crippen molar-refractivity contribution in [1.82, 2.24) is 0 Å². The number of aliphatic hydroxyl groups is 7. The summed E-state index contributed by atoms with van der Waals surface area (Å²) >= 11 is 0. The van der Waals surface area contributed by atoms with Gasteiger partial charge in [0.25, 0.3) is 0 Å². The number of carbonyl (C=O) groups excluding carboxylic acids is 1. The Hall–Kier alpha value is -1.23. The van der Waals surface area contributed by atoms with Gasteiger partial charge in [-0.3, -0.25) is 4.79 Å². The number of methoxy groups -OCH3 is 1. The molecule has 2 saturated heterocycles. The standard InChI is InChI=1S/C20H34O13/c1-9(22)5-3-4-6-12(23)32-17-11(8-29-2)31-20(16(27)15(17)26)33-18-14(25)13(24)10(7-21)30-19(18)28/h3-4,9-11,13-22,24-28H,5-8H2,1-2H3/b4-3-/t9?,10?,11?,13-,14?,15?,16+,17-,18+,19-,20+/m1/s1. The van der Waals surface area contributed by atoms with Gasteiger partial charge in [0.05, 0.1) is 25.7 Å². The third-order valence-electron chi connectivity index (χ3n) is 5.30. The number of carbonyl (C=O) groups is 1. The van der Waals surface area contributed by atoms with Crippen molar-refractivity contribution in [3.63, 3.8) is 0 Å². The molecule has 0 saturated carbocycles. The highest BCUT2D eigenvalue weighted by atomic mass is 16.7. The fourth-order valence-electron chi connectivity index (χ4n) is 3.51. The summed E-state index contributed by atoms with van der Waals surface area (Å²) in [7, 11) is 1.34. The zero-order valence-corrected chi connectivity index (χ0v) is 18.4. The number of aliphatic hydroxyl groups excluding tert-OH is 7. The summed E-state index contributed by atoms with van der Waals surface area (Å²) in [6.45, 7) is 0.762. The predicted molar refractivity (Wildman–Crippen MR) is 107 cm³/mol. The van der Waals surface area contributed by atoms with E-state index in [0.29, 0.717) is 6.42 Å². The van der Waals surface area contributed by atoms with Crippen molar-refractivity contribution in [1.29, 1.82) is 0 Å². The van der Waals surface area contributed by atoms with Crippen LogP contribution >= 0.6 is 0 Å². The molecule has 13 nitrogen and oxygen atoms in total. The second kappa shape index (κ2) is 13.0. The van der Waals surface area contributed by atoms with E-state index in [1.807, 2.05) is 0 Å². The third kappa shape index (κ3) is 7.37. The molecule has 0 aromatic heterocycles. The molecule has 13 heteroatoms. The molecule has 11 atom stereocenters. The Kier molecular flexibility index (Phi) is 11.0. The van der Waals surface area contributed by atoms with Crippen molar-refractivity contribution >= 4 is 5.97 Å². The van der Waals surface area contributed by atoms with Crippen molar-refractivity contribution in [3.8, 4) is 0 Å². The first-order valence-electron chi connectivity index (χ1n) is 10.6. The van der Waals surface area contributed by atoms with Gasteiger partial charge >= 0.3 is 5.97 Å². The maximum absolute atomic E-state index is 12.2. The fraction of sp³-hybridized carbons (Fsp3) is 0.850. The lowest BCUT2D eigenvalue weighted by atomic mass is 9.97. The maximum atomic E-state index is 12.2. The van der Waals surface area contributed by atoms with Crippen molar-refractivity contribution in [3.05, 3.63) is 12.2 Å². The topological polar surface area (TPSA) is 205 Å². The predicted octanol–water partition coefficient (Wildman–Crippen LogP) is -3.47. The zero-order chi connectivity index (χ0) is 24.7. The average Bonchev–Trinajstić information content (AvgIpc) is 2.77. The third-order valence-corrected chi connectivity index (χ3v) is 5.30. The van der Waals surface area contributed by atoms with Gasteiger partial charge in [0.1, 0.15) is 42.7 Å². The summed E-state index contributed by atoms with van der Waals surface area (Å²) in [5.74, 6) is -0.721. The zero-order valence-electron chi connectivity index (χ0n) is 18.4. The molecule has 2 rings (SSSR count). The average molecular weight is 482 g/mol. The second-order valence-corrected chi connectivity index (χ2v) is 8.02. The second-order valence-electron chi connectivity index (χ2n) is 8.02. The SMILES string of the molecule is COCC1O[C@@H](O[C@H]2C(O)[C@H](O)C(CO)O[C@H]2O)[C@@H](O)C(O)[C@@H]1OC(=O)C/C=C\CC(C)O. The van der Waals surface area contributed by atoms with Gasteiger partial charge in [-0.1, -0.05) is 12.2 Å². The molecule has 33 heavy (non-hydrogen) atoms. The van der Waals surface area contributed by atoms with E-state index in [4.69, 9.17) is 28.8 Å². The number of ether oxygens (including phenoxy) is 5. The molecular formula is C20H34O13. The minimum absolute atomic E-state index is 0.145. The highest BCUT2D eigenvalue weighted by molar-refractivity contribution is 5.71. The van der Waals surface area contributed by atoms with E-state index >= 15 is 0 Å². The van der Waals surface area contributed by atoms with E-state index in [1.165, 1.54) is 13.2 Å². The summed E-state index contributed by atoms with van der Waals surface area (Å²) in [5.41, 5.74) is 0. The van der Waals surface area contributed by atoms with Crippen molar-refractivity contribution < 1.29 is 64.2 Å². The molecule has 0 aromatic rings. The van der Waals surface area contributed by atoms with Crippen LogP contribution in [0, 0.1) is 0 Å². The minimum Gasteiger partial charge on any atom is -0.456 e. The van der Waals surface area contributed by atoms with Gasteiger partial charge in [-0.15, -0.1) is 0 Å². The summed E-state index contributed by atoms with van der Waals surface area (Å²) < 4.78 is 26.3. The molecule has 0 aromatic carbocycles. The van der Waals surface area contributed by atoms with Crippen LogP contribution in [0.15, 0.2) is 12.2 Å². The van der Waals surface area contributed by atoms with E-state index in [0.717, 1.165) is 0 Å². The first kappa shape index (κ1) is 28.0. The van der Waals surface area contributed by atoms with Crippen LogP contribution in [-0.4, -0.2) is 130 Å². The van der Waals surface area contributed by atoms with Crippen LogP contribution in [0.25, 0.3) is 0 Å². The van der Waals surface area contributed by atoms with Gasteiger partial charge in [-0.05, 0) is 13.3 Å². The molecule has 0 aliphatic carbocycles. The van der Waals surface area contributed by atoms with Gasteiger partial charge in [0.15, 0.2) is 18.7 Å². The molecule has 0 spiro atoms. The van der Waals surface area contributed by atoms with E-state index in [9.17, 15) is 35.4 Å². The van der Waals surface area contributed by atoms with Crippen LogP contribution in [0.1, 0.15) is 19.8 Å². The first-order chi connectivity index (χ1) is 15.6. The summed E-state index contributed by atoms with van der Waals surface area (Å²) in [6, 6.07) is 0. The molecule has 2 heterocycles. The number of hydrogen-bond donors (Lipinski definition) is 7. The molecule has 7 N–H and O–H groups in total. The molecule has 192 valence electrons. The fourth-order valence-corrected chi connectivity index (χ4v) is 3.51. The van der Waals surface area contributed by atoms with Crippen molar-refractivity contribution in [2.75, 3.05) is 20.3 Å². The maximum Gasteiger partial charge on any atom is 0.310 e. The van der Waals surface area contributed by atoms with E-state index in [-0.39, 0.29) is 13.0 Å². The molecule has 2 fully saturated rings. The molecule has 0 bridgehead atoms. The van der Waals surface area contributed by atoms with Gasteiger partial charge in [-0.2, -0.15) is 0 Å². The van der Waals surface area contributed by atoms with Gasteiger partial charge in [-0.25, -0.2) is 0 Å². The minimum atomic E-state index is -1.78. The van der Waals surface area contributed by atoms with Gasteiger partial charge in [0.2, 0.25) is 0 Å². The Morgan fingerprint density at radius 2 is 1.64 bits per heavy atom. The number of hydrogen-bond acceptors (Lipinski definition) is 13. The van der Waals surface area contributed by atoms with Gasteiger partial charge < -0.3 is 59.4 Å². The molecular weight excluding hydrogens is 448 g/mol. The highest BCUT2D eigenvalue weighted by Gasteiger charge is 2.51. The monoisotopic (exact) mass is 482 g/mol. The highest BCUT2D eigenvalue weighted by Crippen LogP contribution is 2.29. The lowest BCUT2D eigenvalue weighted by Gasteiger charge is -2.45. The van der Waals surface area contributed by atoms with Crippen LogP contribution in [0.5, 0.6) is 0 Å². The molecule has 2 aliphatic heterocycles. The smallest absolute Gasteiger partial charge is 0.310 e. The Morgan fingerprint density at radius 3 is 2.24 bits per heavy atom. The molecule has 2 aliphatic rings. The molecule has 0 radical (unpaired) electrons. The number of esters is 1. The Balaban J connectivity index is 2.04. The quantitative estimate of drug-likeness (QED) is 0.119. The normalized spacial score (nSPS) is 40.6. The van der Waals surface area contributed by atoms with E-state index < -0.39 is 80.1 Å². The largest absolute Gasteiger partial charge is 0.456 e. The van der Waals surface area contributed by atoms with Crippen LogP contribution in [0.3, 0.4) is 0 Å². The van der Waals surface area contributed by atoms with Crippen LogP contribution in [-0.2, 0) is 28.5 Å². The lowest BCUT2D eigenvalue weighted by Crippen LogP contribution is -2.64. The van der Waals surface area contributed by atoms with Crippen molar-refractivity contribution in [2.24, 2.45) is 0 Å². The van der Waals surface area contributed by atoms with Crippen LogP contribution in [0.4, 0.5) is 0 Å². The Bertz CT molecular complexity index is 629. The lowest BCUT2D eigenvalue weighted by molar-refractivity contribution is -0.362. The Morgan fingerprint density at radius 1 is 0.970 bits per heavy atom. The summed E-state index contributed by atoms with van der Waals surface area (Å²) in [6.07, 6.45) is -12.7. The van der Waals surface area contributed by atoms with E-state index in [2.05, 4.69) is 0 Å². The number of rotatable bonds is 10.